The lowest BCUT2D eigenvalue weighted by atomic mass is 10.1. The van der Waals surface area contributed by atoms with Crippen LogP contribution in [0.5, 0.6) is 11.6 Å². The fourth-order valence-electron chi connectivity index (χ4n) is 1.36. The van der Waals surface area contributed by atoms with Gasteiger partial charge in [0, 0.05) is 0 Å². The largest absolute Gasteiger partial charge is 0.436 e. The Morgan fingerprint density at radius 3 is 2.94 bits per heavy atom. The maximum absolute atomic E-state index is 5.51. The summed E-state index contributed by atoms with van der Waals surface area (Å²) in [5.41, 5.74) is 2.36. The number of hydrogen-bond donors (Lipinski definition) is 1. The Labute approximate surface area is 94.0 Å². The van der Waals surface area contributed by atoms with Crippen molar-refractivity contribution in [1.82, 2.24) is 15.4 Å². The van der Waals surface area contributed by atoms with Gasteiger partial charge in [-0.15, -0.1) is 5.10 Å². The van der Waals surface area contributed by atoms with Gasteiger partial charge in [0.1, 0.15) is 11.9 Å². The van der Waals surface area contributed by atoms with Crippen LogP contribution in [0.2, 0.25) is 0 Å². The van der Waals surface area contributed by atoms with Gasteiger partial charge in [0.05, 0.1) is 0 Å². The second-order valence-corrected chi connectivity index (χ2v) is 3.70. The second-order valence-electron chi connectivity index (χ2n) is 3.70. The molecular weight excluding hydrogens is 202 g/mol. The van der Waals surface area contributed by atoms with Gasteiger partial charge >= 0.3 is 0 Å². The minimum absolute atomic E-state index is 0.467. The van der Waals surface area contributed by atoms with Crippen molar-refractivity contribution in [3.05, 3.63) is 41.6 Å². The first-order valence-corrected chi connectivity index (χ1v) is 5.02. The number of aromatic amines is 1. The molecule has 0 aliphatic heterocycles. The molecule has 4 nitrogen and oxygen atoms in total. The monoisotopic (exact) mass is 215 g/mol. The summed E-state index contributed by atoms with van der Waals surface area (Å²) in [6.07, 6.45) is 3.63. The summed E-state index contributed by atoms with van der Waals surface area (Å²) in [7, 11) is 0. The number of allylic oxidation sites excluding steroid dienone is 1. The average Bonchev–Trinajstić information content (AvgIpc) is 2.70. The van der Waals surface area contributed by atoms with Crippen molar-refractivity contribution in [2.75, 3.05) is 0 Å². The molecule has 0 aliphatic carbocycles. The van der Waals surface area contributed by atoms with Gasteiger partial charge in [0.2, 0.25) is 0 Å². The Balaban J connectivity index is 2.19. The SMILES string of the molecule is CC(C)=Cc1cccc(Oc2cn[nH]n2)c1. The highest BCUT2D eigenvalue weighted by atomic mass is 16.5. The zero-order valence-corrected chi connectivity index (χ0v) is 9.27. The van der Waals surface area contributed by atoms with Crippen molar-refractivity contribution in [2.24, 2.45) is 0 Å². The van der Waals surface area contributed by atoms with E-state index in [4.69, 9.17) is 4.74 Å². The predicted molar refractivity (Wildman–Crippen MR) is 62.2 cm³/mol. The van der Waals surface area contributed by atoms with Crippen LogP contribution in [0.15, 0.2) is 36.0 Å². The summed E-state index contributed by atoms with van der Waals surface area (Å²) in [5, 5.41) is 10.0. The van der Waals surface area contributed by atoms with E-state index in [1.807, 2.05) is 24.3 Å². The van der Waals surface area contributed by atoms with Crippen molar-refractivity contribution in [3.63, 3.8) is 0 Å². The average molecular weight is 215 g/mol. The zero-order valence-electron chi connectivity index (χ0n) is 9.27. The summed E-state index contributed by atoms with van der Waals surface area (Å²) in [4.78, 5) is 0. The minimum atomic E-state index is 0.467. The number of aromatic nitrogens is 3. The number of hydrogen-bond acceptors (Lipinski definition) is 3. The van der Waals surface area contributed by atoms with Gasteiger partial charge in [-0.2, -0.15) is 10.3 Å². The highest BCUT2D eigenvalue weighted by molar-refractivity contribution is 5.54. The van der Waals surface area contributed by atoms with Crippen molar-refractivity contribution in [2.45, 2.75) is 13.8 Å². The lowest BCUT2D eigenvalue weighted by Gasteiger charge is -2.02. The number of rotatable bonds is 3. The molecule has 0 fully saturated rings. The van der Waals surface area contributed by atoms with Gasteiger partial charge < -0.3 is 4.74 Å². The molecule has 0 spiro atoms. The Morgan fingerprint density at radius 2 is 2.25 bits per heavy atom. The van der Waals surface area contributed by atoms with Gasteiger partial charge in [-0.1, -0.05) is 23.8 Å². The number of ether oxygens (including phenoxy) is 1. The highest BCUT2D eigenvalue weighted by Gasteiger charge is 1.99. The van der Waals surface area contributed by atoms with Crippen molar-refractivity contribution in [1.29, 1.82) is 0 Å². The normalized spacial score (nSPS) is 9.88. The van der Waals surface area contributed by atoms with E-state index < -0.39 is 0 Å². The van der Waals surface area contributed by atoms with Crippen LogP contribution in [0.4, 0.5) is 0 Å². The van der Waals surface area contributed by atoms with E-state index in [0.29, 0.717) is 5.88 Å². The van der Waals surface area contributed by atoms with Crippen molar-refractivity contribution < 1.29 is 4.74 Å². The van der Waals surface area contributed by atoms with E-state index >= 15 is 0 Å². The number of H-pyrrole nitrogens is 1. The molecule has 0 amide bonds. The van der Waals surface area contributed by atoms with E-state index in [-0.39, 0.29) is 0 Å². The molecule has 0 saturated heterocycles. The summed E-state index contributed by atoms with van der Waals surface area (Å²) in [6.45, 7) is 4.12. The molecule has 1 N–H and O–H groups in total. The summed E-state index contributed by atoms with van der Waals surface area (Å²) >= 11 is 0. The molecule has 0 saturated carbocycles. The smallest absolute Gasteiger partial charge is 0.258 e. The zero-order chi connectivity index (χ0) is 11.4. The molecule has 0 atom stereocenters. The Morgan fingerprint density at radius 1 is 1.38 bits per heavy atom. The predicted octanol–water partition coefficient (Wildman–Crippen LogP) is 3.02. The fourth-order valence-corrected chi connectivity index (χ4v) is 1.36. The number of nitrogens with one attached hydrogen (secondary N) is 1. The number of benzene rings is 1. The summed E-state index contributed by atoms with van der Waals surface area (Å²) in [5.74, 6) is 1.22. The van der Waals surface area contributed by atoms with E-state index in [1.165, 1.54) is 11.8 Å². The lowest BCUT2D eigenvalue weighted by molar-refractivity contribution is 0.461. The third-order valence-corrected chi connectivity index (χ3v) is 1.93. The van der Waals surface area contributed by atoms with Crippen LogP contribution in [0.3, 0.4) is 0 Å². The molecule has 1 aromatic carbocycles. The van der Waals surface area contributed by atoms with Gasteiger partial charge in [0.25, 0.3) is 5.88 Å². The molecule has 0 bridgehead atoms. The Kier molecular flexibility index (Phi) is 3.00. The van der Waals surface area contributed by atoms with Crippen LogP contribution in [-0.4, -0.2) is 15.4 Å². The quantitative estimate of drug-likeness (QED) is 0.856. The third kappa shape index (κ3) is 2.70. The first-order valence-electron chi connectivity index (χ1n) is 5.02. The first-order chi connectivity index (χ1) is 7.74. The molecule has 4 heteroatoms. The van der Waals surface area contributed by atoms with Crippen LogP contribution >= 0.6 is 0 Å². The van der Waals surface area contributed by atoms with E-state index in [0.717, 1.165) is 11.3 Å². The molecule has 0 aliphatic rings. The van der Waals surface area contributed by atoms with Crippen LogP contribution in [0, 0.1) is 0 Å². The van der Waals surface area contributed by atoms with Crippen LogP contribution in [0.1, 0.15) is 19.4 Å². The lowest BCUT2D eigenvalue weighted by Crippen LogP contribution is -1.85. The molecule has 1 heterocycles. The Hall–Kier alpha value is -2.10. The van der Waals surface area contributed by atoms with Crippen molar-refractivity contribution >= 4 is 6.08 Å². The third-order valence-electron chi connectivity index (χ3n) is 1.93. The van der Waals surface area contributed by atoms with Crippen molar-refractivity contribution in [3.8, 4) is 11.6 Å². The van der Waals surface area contributed by atoms with Gasteiger partial charge in [-0.05, 0) is 31.5 Å². The maximum Gasteiger partial charge on any atom is 0.258 e. The van der Waals surface area contributed by atoms with Crippen LogP contribution in [0.25, 0.3) is 6.08 Å². The van der Waals surface area contributed by atoms with E-state index in [9.17, 15) is 0 Å². The van der Waals surface area contributed by atoms with Gasteiger partial charge in [-0.3, -0.25) is 0 Å². The molecule has 16 heavy (non-hydrogen) atoms. The van der Waals surface area contributed by atoms with E-state index in [1.54, 1.807) is 0 Å². The second kappa shape index (κ2) is 4.61. The maximum atomic E-state index is 5.51. The van der Waals surface area contributed by atoms with Crippen LogP contribution in [-0.2, 0) is 0 Å². The van der Waals surface area contributed by atoms with Crippen LogP contribution < -0.4 is 4.74 Å². The molecule has 2 aromatic rings. The summed E-state index contributed by atoms with van der Waals surface area (Å²) < 4.78 is 5.51. The molecule has 2 rings (SSSR count). The van der Waals surface area contributed by atoms with Gasteiger partial charge in [-0.25, -0.2) is 0 Å². The molecular formula is C12H13N3O. The first kappa shape index (κ1) is 10.4. The molecule has 0 unspecified atom stereocenters. The molecule has 0 radical (unpaired) electrons. The standard InChI is InChI=1S/C12H13N3O/c1-9(2)6-10-4-3-5-11(7-10)16-12-8-13-15-14-12/h3-8H,1-2H3,(H,13,14,15). The minimum Gasteiger partial charge on any atom is -0.436 e. The number of nitrogens with zero attached hydrogens (tertiary/aromatic N) is 2. The fraction of sp³-hybridized carbons (Fsp3) is 0.167. The van der Waals surface area contributed by atoms with Gasteiger partial charge in [0.15, 0.2) is 0 Å². The topological polar surface area (TPSA) is 50.8 Å². The highest BCUT2D eigenvalue weighted by Crippen LogP contribution is 2.20. The summed E-state index contributed by atoms with van der Waals surface area (Å²) in [6, 6.07) is 7.82. The molecule has 1 aromatic heterocycles. The van der Waals surface area contributed by atoms with E-state index in [2.05, 4.69) is 35.3 Å². The molecule has 82 valence electrons. The Bertz CT molecular complexity index is 485.